The van der Waals surface area contributed by atoms with Crippen LogP contribution in [0.3, 0.4) is 0 Å². The molecule has 1 saturated carbocycles. The minimum Gasteiger partial charge on any atom is -0.349 e. The van der Waals surface area contributed by atoms with E-state index in [2.05, 4.69) is 24.5 Å². The van der Waals surface area contributed by atoms with Crippen LogP contribution in [0.15, 0.2) is 0 Å². The van der Waals surface area contributed by atoms with Crippen LogP contribution in [0.5, 0.6) is 0 Å². The maximum Gasteiger partial charge on any atom is 0.243 e. The van der Waals surface area contributed by atoms with Crippen molar-refractivity contribution in [3.05, 3.63) is 0 Å². The standard InChI is InChI=1S/C15H26N2O2/c1-11-7-5-6-10-15(11,2)17-14(19)12-8-3-4-9-13(18)16-12/h11-12H,3-10H2,1-2H3,(H,16,18)(H,17,19)/t11-,12-,15-/m1/s1. The Morgan fingerprint density at radius 3 is 2.74 bits per heavy atom. The quantitative estimate of drug-likeness (QED) is 0.804. The van der Waals surface area contributed by atoms with Crippen LogP contribution in [0.1, 0.15) is 65.2 Å². The molecule has 2 aliphatic rings. The summed E-state index contributed by atoms with van der Waals surface area (Å²) >= 11 is 0. The van der Waals surface area contributed by atoms with E-state index in [1.165, 1.54) is 19.3 Å². The van der Waals surface area contributed by atoms with E-state index < -0.39 is 0 Å². The Kier molecular flexibility index (Phi) is 4.48. The average Bonchev–Trinajstić information content (AvgIpc) is 2.58. The molecule has 0 bridgehead atoms. The van der Waals surface area contributed by atoms with Gasteiger partial charge in [0.15, 0.2) is 0 Å². The summed E-state index contributed by atoms with van der Waals surface area (Å²) in [6.45, 7) is 4.36. The highest BCUT2D eigenvalue weighted by atomic mass is 16.2. The average molecular weight is 266 g/mol. The van der Waals surface area contributed by atoms with Gasteiger partial charge in [-0.25, -0.2) is 0 Å². The number of carbonyl (C=O) groups is 2. The molecule has 2 rings (SSSR count). The Morgan fingerprint density at radius 2 is 2.00 bits per heavy atom. The molecule has 1 aliphatic carbocycles. The second kappa shape index (κ2) is 5.93. The Bertz CT molecular complexity index is 356. The number of hydrogen-bond donors (Lipinski definition) is 2. The van der Waals surface area contributed by atoms with Crippen LogP contribution in [-0.2, 0) is 9.59 Å². The van der Waals surface area contributed by atoms with Crippen molar-refractivity contribution >= 4 is 11.8 Å². The molecular weight excluding hydrogens is 240 g/mol. The summed E-state index contributed by atoms with van der Waals surface area (Å²) in [5, 5.41) is 6.06. The third kappa shape index (κ3) is 3.48. The van der Waals surface area contributed by atoms with Gasteiger partial charge in [0.05, 0.1) is 0 Å². The van der Waals surface area contributed by atoms with Gasteiger partial charge in [-0.05, 0) is 38.5 Å². The fourth-order valence-corrected chi connectivity index (χ4v) is 3.23. The van der Waals surface area contributed by atoms with Gasteiger partial charge in [0.2, 0.25) is 11.8 Å². The first-order valence-corrected chi connectivity index (χ1v) is 7.63. The molecule has 0 unspecified atom stereocenters. The zero-order chi connectivity index (χ0) is 13.9. The molecule has 1 saturated heterocycles. The number of carbonyl (C=O) groups excluding carboxylic acids is 2. The first-order valence-electron chi connectivity index (χ1n) is 7.63. The smallest absolute Gasteiger partial charge is 0.243 e. The van der Waals surface area contributed by atoms with E-state index in [0.717, 1.165) is 25.7 Å². The minimum absolute atomic E-state index is 0.00602. The summed E-state index contributed by atoms with van der Waals surface area (Å²) in [6, 6.07) is -0.332. The predicted octanol–water partition coefficient (Wildman–Crippen LogP) is 2.13. The van der Waals surface area contributed by atoms with Crippen molar-refractivity contribution in [3.8, 4) is 0 Å². The molecule has 0 spiro atoms. The Balaban J connectivity index is 1.97. The third-order valence-electron chi connectivity index (χ3n) is 4.88. The largest absolute Gasteiger partial charge is 0.349 e. The van der Waals surface area contributed by atoms with Gasteiger partial charge in [0.1, 0.15) is 6.04 Å². The molecule has 2 amide bonds. The van der Waals surface area contributed by atoms with Crippen LogP contribution in [0.25, 0.3) is 0 Å². The molecule has 1 heterocycles. The highest BCUT2D eigenvalue weighted by molar-refractivity contribution is 5.88. The number of hydrogen-bond acceptors (Lipinski definition) is 2. The van der Waals surface area contributed by atoms with Gasteiger partial charge in [-0.2, -0.15) is 0 Å². The van der Waals surface area contributed by atoms with E-state index in [4.69, 9.17) is 0 Å². The Labute approximate surface area is 115 Å². The molecule has 1 aliphatic heterocycles. The second-order valence-electron chi connectivity index (χ2n) is 6.42. The highest BCUT2D eigenvalue weighted by Gasteiger charge is 2.36. The van der Waals surface area contributed by atoms with Crippen molar-refractivity contribution in [2.45, 2.75) is 76.8 Å². The van der Waals surface area contributed by atoms with Crippen molar-refractivity contribution in [2.75, 3.05) is 0 Å². The van der Waals surface area contributed by atoms with Gasteiger partial charge in [0, 0.05) is 12.0 Å². The van der Waals surface area contributed by atoms with Gasteiger partial charge >= 0.3 is 0 Å². The zero-order valence-electron chi connectivity index (χ0n) is 12.1. The predicted molar refractivity (Wildman–Crippen MR) is 74.6 cm³/mol. The lowest BCUT2D eigenvalue weighted by atomic mass is 9.75. The first-order chi connectivity index (χ1) is 9.01. The summed E-state index contributed by atoms with van der Waals surface area (Å²) in [7, 11) is 0. The molecule has 0 radical (unpaired) electrons. The summed E-state index contributed by atoms with van der Waals surface area (Å²) in [5.74, 6) is 0.526. The number of nitrogens with one attached hydrogen (secondary N) is 2. The molecule has 19 heavy (non-hydrogen) atoms. The molecule has 2 N–H and O–H groups in total. The summed E-state index contributed by atoms with van der Waals surface area (Å²) in [5.41, 5.74) is -0.105. The molecule has 3 atom stereocenters. The van der Waals surface area contributed by atoms with E-state index >= 15 is 0 Å². The van der Waals surface area contributed by atoms with Crippen LogP contribution in [0, 0.1) is 5.92 Å². The lowest BCUT2D eigenvalue weighted by Gasteiger charge is -2.41. The summed E-state index contributed by atoms with van der Waals surface area (Å²) < 4.78 is 0. The van der Waals surface area contributed by atoms with Crippen molar-refractivity contribution in [2.24, 2.45) is 5.92 Å². The van der Waals surface area contributed by atoms with Crippen LogP contribution in [-0.4, -0.2) is 23.4 Å². The maximum absolute atomic E-state index is 12.4. The summed E-state index contributed by atoms with van der Waals surface area (Å²) in [4.78, 5) is 23.9. The lowest BCUT2D eigenvalue weighted by Crippen LogP contribution is -2.57. The van der Waals surface area contributed by atoms with Crippen LogP contribution in [0.4, 0.5) is 0 Å². The molecule has 0 aromatic heterocycles. The van der Waals surface area contributed by atoms with Crippen LogP contribution in [0.2, 0.25) is 0 Å². The lowest BCUT2D eigenvalue weighted by molar-refractivity contribution is -0.130. The molecule has 4 nitrogen and oxygen atoms in total. The topological polar surface area (TPSA) is 58.2 Å². The van der Waals surface area contributed by atoms with Crippen molar-refractivity contribution < 1.29 is 9.59 Å². The minimum atomic E-state index is -0.332. The van der Waals surface area contributed by atoms with Gasteiger partial charge in [-0.15, -0.1) is 0 Å². The molecule has 0 aromatic carbocycles. The van der Waals surface area contributed by atoms with E-state index in [-0.39, 0.29) is 23.4 Å². The molecular formula is C15H26N2O2. The van der Waals surface area contributed by atoms with Crippen molar-refractivity contribution in [1.29, 1.82) is 0 Å². The van der Waals surface area contributed by atoms with Crippen LogP contribution < -0.4 is 10.6 Å². The number of rotatable bonds is 2. The van der Waals surface area contributed by atoms with Crippen molar-refractivity contribution in [1.82, 2.24) is 10.6 Å². The second-order valence-corrected chi connectivity index (χ2v) is 6.42. The van der Waals surface area contributed by atoms with Gasteiger partial charge in [-0.1, -0.05) is 26.2 Å². The normalized spacial score (nSPS) is 36.2. The van der Waals surface area contributed by atoms with Crippen molar-refractivity contribution in [3.63, 3.8) is 0 Å². The summed E-state index contributed by atoms with van der Waals surface area (Å²) in [6.07, 6.45) is 7.81. The first kappa shape index (κ1) is 14.4. The van der Waals surface area contributed by atoms with E-state index in [9.17, 15) is 9.59 Å². The SMILES string of the molecule is C[C@@H]1CCCC[C@@]1(C)NC(=O)[C@H]1CCCCC(=O)N1. The number of amides is 2. The zero-order valence-corrected chi connectivity index (χ0v) is 12.1. The Morgan fingerprint density at radius 1 is 1.26 bits per heavy atom. The van der Waals surface area contributed by atoms with E-state index in [0.29, 0.717) is 12.3 Å². The van der Waals surface area contributed by atoms with Gasteiger partial charge < -0.3 is 10.6 Å². The fourth-order valence-electron chi connectivity index (χ4n) is 3.23. The van der Waals surface area contributed by atoms with Crippen LogP contribution >= 0.6 is 0 Å². The molecule has 108 valence electrons. The monoisotopic (exact) mass is 266 g/mol. The fraction of sp³-hybridized carbons (Fsp3) is 0.867. The molecule has 4 heteroatoms. The van der Waals surface area contributed by atoms with Gasteiger partial charge in [0.25, 0.3) is 0 Å². The highest BCUT2D eigenvalue weighted by Crippen LogP contribution is 2.33. The molecule has 0 aromatic rings. The Hall–Kier alpha value is -1.06. The van der Waals surface area contributed by atoms with Gasteiger partial charge in [-0.3, -0.25) is 9.59 Å². The third-order valence-corrected chi connectivity index (χ3v) is 4.88. The van der Waals surface area contributed by atoms with E-state index in [1.807, 2.05) is 0 Å². The van der Waals surface area contributed by atoms with E-state index in [1.54, 1.807) is 0 Å². The molecule has 2 fully saturated rings. The maximum atomic E-state index is 12.4.